The molecule has 0 saturated carbocycles. The van der Waals surface area contributed by atoms with Gasteiger partial charge in [-0.05, 0) is 12.5 Å². The smallest absolute Gasteiger partial charge is 0.440 e. The molecular formula is C6H11NO3. The number of carboxylic acid groups (broad SMARTS) is 1. The Labute approximate surface area is 59.7 Å². The highest BCUT2D eigenvalue weighted by Gasteiger charge is 2.01. The van der Waals surface area contributed by atoms with Gasteiger partial charge in [-0.15, -0.1) is 5.06 Å². The van der Waals surface area contributed by atoms with Crippen LogP contribution in [0.2, 0.25) is 0 Å². The van der Waals surface area contributed by atoms with E-state index in [2.05, 4.69) is 4.84 Å². The number of rotatable bonds is 3. The molecular weight excluding hydrogens is 134 g/mol. The lowest BCUT2D eigenvalue weighted by Gasteiger charge is -2.08. The number of carbonyl (C=O) groups is 1. The Kier molecular flexibility index (Phi) is 4.11. The van der Waals surface area contributed by atoms with E-state index in [0.29, 0.717) is 0 Å². The molecule has 0 aromatic heterocycles. The average molecular weight is 145 g/mol. The van der Waals surface area contributed by atoms with Crippen LogP contribution in [0.4, 0.5) is 4.79 Å². The normalized spacial score (nSPS) is 9.80. The first-order chi connectivity index (χ1) is 4.68. The van der Waals surface area contributed by atoms with Gasteiger partial charge in [-0.2, -0.15) is 0 Å². The Morgan fingerprint density at radius 3 is 2.80 bits per heavy atom. The zero-order valence-corrected chi connectivity index (χ0v) is 6.07. The molecule has 0 aromatic rings. The summed E-state index contributed by atoms with van der Waals surface area (Å²) in [6, 6.07) is 0. The minimum absolute atomic E-state index is 0.728. The van der Waals surface area contributed by atoms with Crippen molar-refractivity contribution in [1.82, 2.24) is 5.06 Å². The Bertz CT molecular complexity index is 133. The third-order valence-electron chi connectivity index (χ3n) is 0.820. The van der Waals surface area contributed by atoms with E-state index in [-0.39, 0.29) is 0 Å². The van der Waals surface area contributed by atoms with E-state index in [1.165, 1.54) is 13.3 Å². The number of allylic oxidation sites excluding steroid dienone is 1. The summed E-state index contributed by atoms with van der Waals surface area (Å²) in [6.45, 7) is 1.93. The molecule has 0 radical (unpaired) electrons. The van der Waals surface area contributed by atoms with E-state index >= 15 is 0 Å². The fraction of sp³-hybridized carbons (Fsp3) is 0.500. The summed E-state index contributed by atoms with van der Waals surface area (Å²) in [5.74, 6) is 0. The molecule has 0 atom stereocenters. The van der Waals surface area contributed by atoms with Gasteiger partial charge in [0.25, 0.3) is 0 Å². The molecule has 4 heteroatoms. The number of amides is 1. The lowest BCUT2D eigenvalue weighted by atomic mass is 10.5. The molecule has 0 aromatic carbocycles. The van der Waals surface area contributed by atoms with Gasteiger partial charge >= 0.3 is 6.09 Å². The van der Waals surface area contributed by atoms with E-state index in [1.54, 1.807) is 6.08 Å². The van der Waals surface area contributed by atoms with Crippen molar-refractivity contribution in [3.63, 3.8) is 0 Å². The fourth-order valence-corrected chi connectivity index (χ4v) is 0.276. The Balaban J connectivity index is 3.48. The molecule has 0 saturated heterocycles. The van der Waals surface area contributed by atoms with E-state index in [9.17, 15) is 4.79 Å². The molecule has 0 unspecified atom stereocenters. The molecule has 10 heavy (non-hydrogen) atoms. The predicted molar refractivity (Wildman–Crippen MR) is 36.3 cm³/mol. The van der Waals surface area contributed by atoms with E-state index in [4.69, 9.17) is 5.11 Å². The third kappa shape index (κ3) is 3.77. The van der Waals surface area contributed by atoms with E-state index in [0.717, 1.165) is 11.5 Å². The quantitative estimate of drug-likeness (QED) is 0.483. The van der Waals surface area contributed by atoms with E-state index in [1.807, 2.05) is 6.92 Å². The van der Waals surface area contributed by atoms with Crippen molar-refractivity contribution < 1.29 is 14.7 Å². The molecule has 0 spiro atoms. The van der Waals surface area contributed by atoms with Gasteiger partial charge in [0.2, 0.25) is 0 Å². The molecule has 0 heterocycles. The predicted octanol–water partition coefficient (Wildman–Crippen LogP) is 1.45. The van der Waals surface area contributed by atoms with Gasteiger partial charge in [0.05, 0.1) is 7.05 Å². The van der Waals surface area contributed by atoms with Crippen molar-refractivity contribution in [3.8, 4) is 0 Å². The Morgan fingerprint density at radius 1 is 1.80 bits per heavy atom. The van der Waals surface area contributed by atoms with Gasteiger partial charge in [0, 0.05) is 0 Å². The van der Waals surface area contributed by atoms with Crippen LogP contribution < -0.4 is 0 Å². The van der Waals surface area contributed by atoms with Crippen LogP contribution in [0.25, 0.3) is 0 Å². The number of hydroxylamine groups is 2. The van der Waals surface area contributed by atoms with Crippen LogP contribution >= 0.6 is 0 Å². The largest absolute Gasteiger partial charge is 0.463 e. The highest BCUT2D eigenvalue weighted by atomic mass is 16.7. The summed E-state index contributed by atoms with van der Waals surface area (Å²) in [5.41, 5.74) is 0. The summed E-state index contributed by atoms with van der Waals surface area (Å²) in [7, 11) is 1.32. The SMILES string of the molecule is CCC=CON(C)C(=O)O. The highest BCUT2D eigenvalue weighted by molar-refractivity contribution is 5.63. The summed E-state index contributed by atoms with van der Waals surface area (Å²) < 4.78 is 0. The summed E-state index contributed by atoms with van der Waals surface area (Å²) >= 11 is 0. The molecule has 58 valence electrons. The summed E-state index contributed by atoms with van der Waals surface area (Å²) in [6.07, 6.45) is 2.78. The number of nitrogens with zero attached hydrogens (tertiary/aromatic N) is 1. The first kappa shape index (κ1) is 8.81. The van der Waals surface area contributed by atoms with Crippen molar-refractivity contribution in [3.05, 3.63) is 12.3 Å². The van der Waals surface area contributed by atoms with Gasteiger partial charge < -0.3 is 9.94 Å². The number of hydrogen-bond donors (Lipinski definition) is 1. The molecule has 4 nitrogen and oxygen atoms in total. The van der Waals surface area contributed by atoms with Crippen molar-refractivity contribution in [2.45, 2.75) is 13.3 Å². The molecule has 0 aliphatic carbocycles. The summed E-state index contributed by atoms with van der Waals surface area (Å²) in [4.78, 5) is 14.7. The van der Waals surface area contributed by atoms with Crippen molar-refractivity contribution in [1.29, 1.82) is 0 Å². The molecule has 0 aliphatic rings. The average Bonchev–Trinajstić information content (AvgIpc) is 1.88. The maximum Gasteiger partial charge on any atom is 0.440 e. The zero-order valence-electron chi connectivity index (χ0n) is 6.07. The van der Waals surface area contributed by atoms with Crippen molar-refractivity contribution in [2.75, 3.05) is 7.05 Å². The second kappa shape index (κ2) is 4.67. The van der Waals surface area contributed by atoms with Gasteiger partial charge in [-0.1, -0.05) is 6.92 Å². The minimum atomic E-state index is -1.11. The maximum absolute atomic E-state index is 10.1. The zero-order chi connectivity index (χ0) is 7.98. The lowest BCUT2D eigenvalue weighted by Crippen LogP contribution is -2.22. The molecule has 0 fully saturated rings. The fourth-order valence-electron chi connectivity index (χ4n) is 0.276. The Hall–Kier alpha value is -1.19. The Morgan fingerprint density at radius 2 is 2.40 bits per heavy atom. The van der Waals surface area contributed by atoms with Crippen molar-refractivity contribution >= 4 is 6.09 Å². The standard InChI is InChI=1S/C6H11NO3/c1-3-4-5-10-7(2)6(8)9/h4-5H,3H2,1-2H3,(H,8,9). The van der Waals surface area contributed by atoms with Gasteiger partial charge in [-0.25, -0.2) is 4.79 Å². The van der Waals surface area contributed by atoms with Crippen LogP contribution in [0, 0.1) is 0 Å². The molecule has 0 aliphatic heterocycles. The van der Waals surface area contributed by atoms with Gasteiger partial charge in [0.1, 0.15) is 6.26 Å². The molecule has 0 bridgehead atoms. The topological polar surface area (TPSA) is 49.8 Å². The van der Waals surface area contributed by atoms with Crippen LogP contribution in [0.5, 0.6) is 0 Å². The first-order valence-electron chi connectivity index (χ1n) is 2.97. The third-order valence-corrected chi connectivity index (χ3v) is 0.820. The minimum Gasteiger partial charge on any atom is -0.463 e. The maximum atomic E-state index is 10.1. The first-order valence-corrected chi connectivity index (χ1v) is 2.97. The highest BCUT2D eigenvalue weighted by Crippen LogP contribution is 1.88. The molecule has 1 amide bonds. The monoisotopic (exact) mass is 145 g/mol. The molecule has 0 rings (SSSR count). The summed E-state index contributed by atoms with van der Waals surface area (Å²) in [5, 5.41) is 8.98. The van der Waals surface area contributed by atoms with Gasteiger partial charge in [0.15, 0.2) is 0 Å². The molecule has 1 N–H and O–H groups in total. The second-order valence-electron chi connectivity index (χ2n) is 1.67. The second-order valence-corrected chi connectivity index (χ2v) is 1.67. The number of hydrogen-bond acceptors (Lipinski definition) is 2. The van der Waals surface area contributed by atoms with Crippen LogP contribution in [0.15, 0.2) is 12.3 Å². The van der Waals surface area contributed by atoms with E-state index < -0.39 is 6.09 Å². The van der Waals surface area contributed by atoms with Crippen LogP contribution in [-0.2, 0) is 4.84 Å². The van der Waals surface area contributed by atoms with Crippen LogP contribution in [0.3, 0.4) is 0 Å². The van der Waals surface area contributed by atoms with Crippen LogP contribution in [-0.4, -0.2) is 23.3 Å². The lowest BCUT2D eigenvalue weighted by molar-refractivity contribution is -0.0546. The van der Waals surface area contributed by atoms with Crippen molar-refractivity contribution in [2.24, 2.45) is 0 Å². The van der Waals surface area contributed by atoms with Crippen LogP contribution in [0.1, 0.15) is 13.3 Å². The van der Waals surface area contributed by atoms with Gasteiger partial charge in [-0.3, -0.25) is 0 Å².